The van der Waals surface area contributed by atoms with E-state index in [-0.39, 0.29) is 23.6 Å². The summed E-state index contributed by atoms with van der Waals surface area (Å²) in [5.74, 6) is -1.22. The van der Waals surface area contributed by atoms with Crippen LogP contribution in [0.2, 0.25) is 0 Å². The molecule has 31 heavy (non-hydrogen) atoms. The van der Waals surface area contributed by atoms with Gasteiger partial charge in [0.25, 0.3) is 5.91 Å². The Balaban J connectivity index is 1.58. The largest absolute Gasteiger partial charge is 0.497 e. The Morgan fingerprint density at radius 2 is 1.55 bits per heavy atom. The highest BCUT2D eigenvalue weighted by atomic mass is 16.5. The fraction of sp³-hybridized carbons (Fsp3) is 0.125. The van der Waals surface area contributed by atoms with Crippen LogP contribution in [0.4, 0.5) is 0 Å². The van der Waals surface area contributed by atoms with Gasteiger partial charge in [0.2, 0.25) is 0 Å². The number of hydrogen-bond donors (Lipinski definition) is 2. The van der Waals surface area contributed by atoms with Gasteiger partial charge in [0, 0.05) is 12.1 Å². The van der Waals surface area contributed by atoms with Crippen molar-refractivity contribution in [3.8, 4) is 5.75 Å². The highest BCUT2D eigenvalue weighted by Crippen LogP contribution is 2.13. The van der Waals surface area contributed by atoms with Gasteiger partial charge in [-0.25, -0.2) is 9.59 Å². The van der Waals surface area contributed by atoms with Crippen molar-refractivity contribution >= 4 is 17.8 Å². The van der Waals surface area contributed by atoms with E-state index in [0.29, 0.717) is 23.4 Å². The average molecular weight is 419 g/mol. The fourth-order valence-electron chi connectivity index (χ4n) is 2.83. The highest BCUT2D eigenvalue weighted by molar-refractivity contribution is 5.97. The molecular weight excluding hydrogens is 398 g/mol. The molecule has 0 atom stereocenters. The maximum absolute atomic E-state index is 12.5. The second kappa shape index (κ2) is 10.1. The van der Waals surface area contributed by atoms with Gasteiger partial charge in [0.1, 0.15) is 12.4 Å². The molecule has 0 aliphatic heterocycles. The van der Waals surface area contributed by atoms with Crippen LogP contribution in [0, 0.1) is 0 Å². The quantitative estimate of drug-likeness (QED) is 0.540. The number of esters is 1. The van der Waals surface area contributed by atoms with Gasteiger partial charge < -0.3 is 19.9 Å². The lowest BCUT2D eigenvalue weighted by molar-refractivity contribution is 0.0472. The van der Waals surface area contributed by atoms with Crippen LogP contribution >= 0.6 is 0 Å². The lowest BCUT2D eigenvalue weighted by Crippen LogP contribution is -2.23. The molecule has 3 aromatic carbocycles. The van der Waals surface area contributed by atoms with Gasteiger partial charge in [-0.1, -0.05) is 30.3 Å². The molecule has 0 bridgehead atoms. The summed E-state index contributed by atoms with van der Waals surface area (Å²) >= 11 is 0. The molecule has 0 heterocycles. The number of aromatic carboxylic acids is 1. The number of amides is 1. The van der Waals surface area contributed by atoms with E-state index >= 15 is 0 Å². The SMILES string of the molecule is COc1cccc(CNC(=O)c2cccc(C(=O)OCc3ccc(C(=O)O)cc3)c2)c1. The normalized spacial score (nSPS) is 10.2. The number of ether oxygens (including phenoxy) is 2. The standard InChI is InChI=1S/C24H21NO6/c1-30-21-7-2-4-17(12-21)14-25-22(26)19-5-3-6-20(13-19)24(29)31-15-16-8-10-18(11-9-16)23(27)28/h2-13H,14-15H2,1H3,(H,25,26)(H,27,28). The van der Waals surface area contributed by atoms with Gasteiger partial charge in [-0.15, -0.1) is 0 Å². The van der Waals surface area contributed by atoms with Crippen LogP contribution in [0.15, 0.2) is 72.8 Å². The Kier molecular flexibility index (Phi) is 7.01. The van der Waals surface area contributed by atoms with Crippen molar-refractivity contribution in [1.82, 2.24) is 5.32 Å². The summed E-state index contributed by atoms with van der Waals surface area (Å²) in [7, 11) is 1.58. The first-order chi connectivity index (χ1) is 15.0. The van der Waals surface area contributed by atoms with Crippen molar-refractivity contribution < 1.29 is 29.0 Å². The minimum Gasteiger partial charge on any atom is -0.497 e. The maximum Gasteiger partial charge on any atom is 0.338 e. The second-order valence-corrected chi connectivity index (χ2v) is 6.69. The molecule has 0 saturated heterocycles. The molecule has 3 rings (SSSR count). The highest BCUT2D eigenvalue weighted by Gasteiger charge is 2.12. The lowest BCUT2D eigenvalue weighted by atomic mass is 10.1. The number of benzene rings is 3. The van der Waals surface area contributed by atoms with Gasteiger partial charge in [0.05, 0.1) is 18.2 Å². The van der Waals surface area contributed by atoms with Crippen molar-refractivity contribution in [3.05, 3.63) is 101 Å². The topological polar surface area (TPSA) is 102 Å². The van der Waals surface area contributed by atoms with Crippen molar-refractivity contribution in [3.63, 3.8) is 0 Å². The van der Waals surface area contributed by atoms with Gasteiger partial charge in [-0.05, 0) is 53.6 Å². The predicted molar refractivity (Wildman–Crippen MR) is 113 cm³/mol. The van der Waals surface area contributed by atoms with Gasteiger partial charge in [0.15, 0.2) is 0 Å². The van der Waals surface area contributed by atoms with Crippen molar-refractivity contribution in [2.75, 3.05) is 7.11 Å². The Hall–Kier alpha value is -4.13. The molecule has 0 spiro atoms. The van der Waals surface area contributed by atoms with E-state index in [1.165, 1.54) is 18.2 Å². The molecule has 0 radical (unpaired) electrons. The molecule has 1 amide bonds. The molecule has 7 nitrogen and oxygen atoms in total. The summed E-state index contributed by atoms with van der Waals surface area (Å²) in [6.07, 6.45) is 0. The number of carbonyl (C=O) groups is 3. The Morgan fingerprint density at radius 1 is 0.839 bits per heavy atom. The Labute approximate surface area is 179 Å². The number of rotatable bonds is 8. The van der Waals surface area contributed by atoms with Gasteiger partial charge >= 0.3 is 11.9 Å². The van der Waals surface area contributed by atoms with E-state index in [0.717, 1.165) is 5.56 Å². The molecule has 0 fully saturated rings. The number of carboxylic acid groups (broad SMARTS) is 1. The number of hydrogen-bond acceptors (Lipinski definition) is 5. The summed E-state index contributed by atoms with van der Waals surface area (Å²) in [4.78, 5) is 35.7. The molecule has 0 saturated carbocycles. The minimum absolute atomic E-state index is 0.00893. The molecule has 0 aliphatic carbocycles. The van der Waals surface area contributed by atoms with E-state index < -0.39 is 11.9 Å². The third-order valence-electron chi connectivity index (χ3n) is 4.52. The molecule has 158 valence electrons. The van der Waals surface area contributed by atoms with Crippen LogP contribution < -0.4 is 10.1 Å². The van der Waals surface area contributed by atoms with Crippen LogP contribution in [0.25, 0.3) is 0 Å². The Bertz CT molecular complexity index is 1090. The van der Waals surface area contributed by atoms with E-state index in [4.69, 9.17) is 14.6 Å². The van der Waals surface area contributed by atoms with E-state index in [9.17, 15) is 14.4 Å². The van der Waals surface area contributed by atoms with Crippen LogP contribution in [0.3, 0.4) is 0 Å². The first kappa shape index (κ1) is 21.6. The zero-order chi connectivity index (χ0) is 22.2. The van der Waals surface area contributed by atoms with E-state index in [2.05, 4.69) is 5.32 Å². The van der Waals surface area contributed by atoms with Gasteiger partial charge in [-0.2, -0.15) is 0 Å². The van der Waals surface area contributed by atoms with Crippen LogP contribution in [-0.2, 0) is 17.9 Å². The third kappa shape index (κ3) is 5.93. The number of methoxy groups -OCH3 is 1. The van der Waals surface area contributed by atoms with E-state index in [1.54, 1.807) is 37.4 Å². The summed E-state index contributed by atoms with van der Waals surface area (Å²) in [5, 5.41) is 11.7. The molecule has 0 aromatic heterocycles. The van der Waals surface area contributed by atoms with Crippen molar-refractivity contribution in [1.29, 1.82) is 0 Å². The monoisotopic (exact) mass is 419 g/mol. The van der Waals surface area contributed by atoms with Crippen LogP contribution in [0.5, 0.6) is 5.75 Å². The fourth-order valence-corrected chi connectivity index (χ4v) is 2.83. The minimum atomic E-state index is -1.02. The maximum atomic E-state index is 12.5. The summed E-state index contributed by atoms with van der Waals surface area (Å²) < 4.78 is 10.4. The predicted octanol–water partition coefficient (Wildman–Crippen LogP) is 3.68. The van der Waals surface area contributed by atoms with Gasteiger partial charge in [-0.3, -0.25) is 4.79 Å². The van der Waals surface area contributed by atoms with Crippen LogP contribution in [0.1, 0.15) is 42.2 Å². The first-order valence-corrected chi connectivity index (χ1v) is 9.47. The van der Waals surface area contributed by atoms with Crippen molar-refractivity contribution in [2.24, 2.45) is 0 Å². The Morgan fingerprint density at radius 3 is 2.26 bits per heavy atom. The number of carbonyl (C=O) groups excluding carboxylic acids is 2. The molecule has 3 aromatic rings. The average Bonchev–Trinajstić information content (AvgIpc) is 2.81. The van der Waals surface area contributed by atoms with E-state index in [1.807, 2.05) is 24.3 Å². The lowest BCUT2D eigenvalue weighted by Gasteiger charge is -2.09. The summed E-state index contributed by atoms with van der Waals surface area (Å²) in [6, 6.07) is 19.7. The summed E-state index contributed by atoms with van der Waals surface area (Å²) in [5.41, 5.74) is 2.28. The molecule has 7 heteroatoms. The zero-order valence-corrected chi connectivity index (χ0v) is 16.8. The zero-order valence-electron chi connectivity index (χ0n) is 16.8. The molecule has 0 unspecified atom stereocenters. The number of carboxylic acids is 1. The smallest absolute Gasteiger partial charge is 0.338 e. The van der Waals surface area contributed by atoms with Crippen molar-refractivity contribution in [2.45, 2.75) is 13.2 Å². The number of nitrogens with one attached hydrogen (secondary N) is 1. The molecule has 0 aliphatic rings. The molecule has 2 N–H and O–H groups in total. The second-order valence-electron chi connectivity index (χ2n) is 6.69. The molecular formula is C24H21NO6. The van der Waals surface area contributed by atoms with Crippen LogP contribution in [-0.4, -0.2) is 30.1 Å². The third-order valence-corrected chi connectivity index (χ3v) is 4.52. The first-order valence-electron chi connectivity index (χ1n) is 9.47. The summed E-state index contributed by atoms with van der Waals surface area (Å²) in [6.45, 7) is 0.308.